The first-order chi connectivity index (χ1) is 6.74. The third-order valence-corrected chi connectivity index (χ3v) is 2.75. The topological polar surface area (TPSA) is 32.3 Å². The van der Waals surface area contributed by atoms with Crippen molar-refractivity contribution >= 4 is 5.91 Å². The molecule has 1 N–H and O–H groups in total. The standard InChI is InChI=1S/C11H20N2O/c1-3-6-11(14)12-9-10-7-4-5-8-13(10)2/h3,6,10H,4-5,7-9H2,1-2H3,(H,12,14)/b6-3+. The molecular weight excluding hydrogens is 176 g/mol. The van der Waals surface area contributed by atoms with Crippen molar-refractivity contribution in [3.8, 4) is 0 Å². The van der Waals surface area contributed by atoms with E-state index in [1.165, 1.54) is 19.3 Å². The predicted molar refractivity (Wildman–Crippen MR) is 58.1 cm³/mol. The average molecular weight is 196 g/mol. The number of allylic oxidation sites excluding steroid dienone is 1. The van der Waals surface area contributed by atoms with Crippen LogP contribution in [0.2, 0.25) is 0 Å². The third-order valence-electron chi connectivity index (χ3n) is 2.75. The normalized spacial score (nSPS) is 24.0. The molecule has 14 heavy (non-hydrogen) atoms. The van der Waals surface area contributed by atoms with E-state index in [9.17, 15) is 4.79 Å². The highest BCUT2D eigenvalue weighted by atomic mass is 16.1. The molecule has 80 valence electrons. The van der Waals surface area contributed by atoms with E-state index >= 15 is 0 Å². The Morgan fingerprint density at radius 2 is 2.36 bits per heavy atom. The van der Waals surface area contributed by atoms with Crippen LogP contribution in [0.5, 0.6) is 0 Å². The molecule has 1 heterocycles. The molecule has 0 spiro atoms. The van der Waals surface area contributed by atoms with Gasteiger partial charge < -0.3 is 10.2 Å². The van der Waals surface area contributed by atoms with Gasteiger partial charge in [0.05, 0.1) is 0 Å². The number of rotatable bonds is 3. The van der Waals surface area contributed by atoms with Crippen LogP contribution in [0.4, 0.5) is 0 Å². The molecule has 0 aromatic heterocycles. The summed E-state index contributed by atoms with van der Waals surface area (Å²) >= 11 is 0. The van der Waals surface area contributed by atoms with Crippen LogP contribution in [0.3, 0.4) is 0 Å². The summed E-state index contributed by atoms with van der Waals surface area (Å²) in [5, 5.41) is 2.92. The minimum absolute atomic E-state index is 0.0199. The number of piperidine rings is 1. The molecule has 0 aromatic carbocycles. The fourth-order valence-corrected chi connectivity index (χ4v) is 1.83. The zero-order valence-corrected chi connectivity index (χ0v) is 9.12. The molecule has 3 nitrogen and oxygen atoms in total. The van der Waals surface area contributed by atoms with Crippen molar-refractivity contribution in [2.45, 2.75) is 32.2 Å². The molecule has 1 amide bonds. The van der Waals surface area contributed by atoms with Crippen molar-refractivity contribution in [1.82, 2.24) is 10.2 Å². The molecule has 3 heteroatoms. The molecule has 0 aliphatic carbocycles. The molecule has 0 saturated carbocycles. The van der Waals surface area contributed by atoms with Crippen molar-refractivity contribution in [2.24, 2.45) is 0 Å². The first-order valence-electron chi connectivity index (χ1n) is 5.35. The van der Waals surface area contributed by atoms with E-state index < -0.39 is 0 Å². The Morgan fingerprint density at radius 3 is 3.00 bits per heavy atom. The van der Waals surface area contributed by atoms with Crippen LogP contribution >= 0.6 is 0 Å². The van der Waals surface area contributed by atoms with E-state index in [0.717, 1.165) is 13.1 Å². The van der Waals surface area contributed by atoms with E-state index in [1.54, 1.807) is 12.2 Å². The molecule has 1 rings (SSSR count). The maximum atomic E-state index is 11.2. The molecule has 1 saturated heterocycles. The van der Waals surface area contributed by atoms with Gasteiger partial charge in [-0.05, 0) is 39.4 Å². The Hall–Kier alpha value is -0.830. The second kappa shape index (κ2) is 5.81. The van der Waals surface area contributed by atoms with Crippen molar-refractivity contribution in [2.75, 3.05) is 20.1 Å². The van der Waals surface area contributed by atoms with Crippen LogP contribution in [-0.4, -0.2) is 37.0 Å². The zero-order valence-electron chi connectivity index (χ0n) is 9.12. The third kappa shape index (κ3) is 3.50. The van der Waals surface area contributed by atoms with Crippen LogP contribution in [0.1, 0.15) is 26.2 Å². The van der Waals surface area contributed by atoms with Gasteiger partial charge in [-0.2, -0.15) is 0 Å². The van der Waals surface area contributed by atoms with E-state index in [4.69, 9.17) is 0 Å². The number of hydrogen-bond acceptors (Lipinski definition) is 2. The lowest BCUT2D eigenvalue weighted by Crippen LogP contribution is -2.44. The van der Waals surface area contributed by atoms with Crippen molar-refractivity contribution in [3.63, 3.8) is 0 Å². The van der Waals surface area contributed by atoms with Crippen molar-refractivity contribution < 1.29 is 4.79 Å². The van der Waals surface area contributed by atoms with E-state index in [0.29, 0.717) is 6.04 Å². The summed E-state index contributed by atoms with van der Waals surface area (Å²) in [7, 11) is 2.13. The molecule has 1 aliphatic rings. The Labute approximate surface area is 86.2 Å². The number of likely N-dealkylation sites (tertiary alicyclic amines) is 1. The summed E-state index contributed by atoms with van der Waals surface area (Å²) in [5.41, 5.74) is 0. The Kier molecular flexibility index (Phi) is 4.66. The lowest BCUT2D eigenvalue weighted by Gasteiger charge is -2.32. The number of amides is 1. The summed E-state index contributed by atoms with van der Waals surface area (Å²) in [6.07, 6.45) is 7.11. The quantitative estimate of drug-likeness (QED) is 0.687. The predicted octanol–water partition coefficient (Wildman–Crippen LogP) is 1.16. The average Bonchev–Trinajstić information content (AvgIpc) is 2.17. The second-order valence-electron chi connectivity index (χ2n) is 3.88. The minimum atomic E-state index is 0.0199. The van der Waals surface area contributed by atoms with Gasteiger partial charge in [0.2, 0.25) is 5.91 Å². The van der Waals surface area contributed by atoms with Gasteiger partial charge in [-0.15, -0.1) is 0 Å². The Balaban J connectivity index is 2.25. The van der Waals surface area contributed by atoms with Crippen LogP contribution in [0.15, 0.2) is 12.2 Å². The maximum absolute atomic E-state index is 11.2. The SMILES string of the molecule is C/C=C/C(=O)NCC1CCCCN1C. The highest BCUT2D eigenvalue weighted by Crippen LogP contribution is 2.13. The maximum Gasteiger partial charge on any atom is 0.243 e. The Morgan fingerprint density at radius 1 is 1.57 bits per heavy atom. The van der Waals surface area contributed by atoms with Crippen LogP contribution < -0.4 is 5.32 Å². The van der Waals surface area contributed by atoms with Gasteiger partial charge in [0, 0.05) is 12.6 Å². The summed E-state index contributed by atoms with van der Waals surface area (Å²) in [5.74, 6) is 0.0199. The van der Waals surface area contributed by atoms with Gasteiger partial charge in [0.25, 0.3) is 0 Å². The van der Waals surface area contributed by atoms with Gasteiger partial charge >= 0.3 is 0 Å². The highest BCUT2D eigenvalue weighted by Gasteiger charge is 2.18. The Bertz CT molecular complexity index is 213. The molecule has 1 aliphatic heterocycles. The summed E-state index contributed by atoms with van der Waals surface area (Å²) in [6, 6.07) is 0.526. The first-order valence-corrected chi connectivity index (χ1v) is 5.35. The van der Waals surface area contributed by atoms with Gasteiger partial charge in [-0.1, -0.05) is 12.5 Å². The van der Waals surface area contributed by atoms with E-state index in [1.807, 2.05) is 6.92 Å². The second-order valence-corrected chi connectivity index (χ2v) is 3.88. The summed E-state index contributed by atoms with van der Waals surface area (Å²) in [6.45, 7) is 3.79. The molecule has 1 atom stereocenters. The van der Waals surface area contributed by atoms with Crippen molar-refractivity contribution in [1.29, 1.82) is 0 Å². The lowest BCUT2D eigenvalue weighted by molar-refractivity contribution is -0.116. The number of hydrogen-bond donors (Lipinski definition) is 1. The van der Waals surface area contributed by atoms with E-state index in [2.05, 4.69) is 17.3 Å². The largest absolute Gasteiger partial charge is 0.351 e. The number of carbonyl (C=O) groups is 1. The number of nitrogens with one attached hydrogen (secondary N) is 1. The molecule has 1 unspecified atom stereocenters. The smallest absolute Gasteiger partial charge is 0.243 e. The van der Waals surface area contributed by atoms with Gasteiger partial charge in [0.1, 0.15) is 0 Å². The number of likely N-dealkylation sites (N-methyl/N-ethyl adjacent to an activating group) is 1. The van der Waals surface area contributed by atoms with Gasteiger partial charge in [-0.25, -0.2) is 0 Å². The summed E-state index contributed by atoms with van der Waals surface area (Å²) in [4.78, 5) is 13.5. The van der Waals surface area contributed by atoms with Crippen LogP contribution in [-0.2, 0) is 4.79 Å². The van der Waals surface area contributed by atoms with Crippen LogP contribution in [0.25, 0.3) is 0 Å². The molecule has 0 aromatic rings. The van der Waals surface area contributed by atoms with Crippen LogP contribution in [0, 0.1) is 0 Å². The van der Waals surface area contributed by atoms with E-state index in [-0.39, 0.29) is 5.91 Å². The van der Waals surface area contributed by atoms with Crippen molar-refractivity contribution in [3.05, 3.63) is 12.2 Å². The molecular formula is C11H20N2O. The minimum Gasteiger partial charge on any atom is -0.351 e. The number of nitrogens with zero attached hydrogens (tertiary/aromatic N) is 1. The first kappa shape index (κ1) is 11.2. The number of carbonyl (C=O) groups excluding carboxylic acids is 1. The summed E-state index contributed by atoms with van der Waals surface area (Å²) < 4.78 is 0. The monoisotopic (exact) mass is 196 g/mol. The zero-order chi connectivity index (χ0) is 10.4. The fourth-order valence-electron chi connectivity index (χ4n) is 1.83. The molecule has 0 radical (unpaired) electrons. The van der Waals surface area contributed by atoms with Gasteiger partial charge in [-0.3, -0.25) is 4.79 Å². The highest BCUT2D eigenvalue weighted by molar-refractivity contribution is 5.87. The molecule has 1 fully saturated rings. The lowest BCUT2D eigenvalue weighted by atomic mass is 10.0. The fraction of sp³-hybridized carbons (Fsp3) is 0.727. The van der Waals surface area contributed by atoms with Gasteiger partial charge in [0.15, 0.2) is 0 Å². The molecule has 0 bridgehead atoms.